The van der Waals surface area contributed by atoms with Crippen molar-refractivity contribution in [3.8, 4) is 11.5 Å². The van der Waals surface area contributed by atoms with Gasteiger partial charge in [0.15, 0.2) is 0 Å². The number of carbonyl (C=O) groups excluding carboxylic acids is 3. The molecule has 31 heavy (non-hydrogen) atoms. The summed E-state index contributed by atoms with van der Waals surface area (Å²) in [6, 6.07) is 10.5. The van der Waals surface area contributed by atoms with Crippen LogP contribution in [0.4, 0.5) is 10.5 Å². The van der Waals surface area contributed by atoms with Gasteiger partial charge in [0.25, 0.3) is 5.91 Å². The Morgan fingerprint density at radius 3 is 2.13 bits per heavy atom. The highest BCUT2D eigenvalue weighted by atomic mass is 16.6. The van der Waals surface area contributed by atoms with Gasteiger partial charge in [0.1, 0.15) is 17.1 Å². The lowest BCUT2D eigenvalue weighted by molar-refractivity contribution is -0.121. The quantitative estimate of drug-likeness (QED) is 0.459. The first-order chi connectivity index (χ1) is 14.5. The van der Waals surface area contributed by atoms with Crippen LogP contribution in [0.1, 0.15) is 43.1 Å². The van der Waals surface area contributed by atoms with Crippen molar-refractivity contribution in [2.75, 3.05) is 11.9 Å². The van der Waals surface area contributed by atoms with E-state index >= 15 is 0 Å². The molecule has 0 atom stereocenters. The van der Waals surface area contributed by atoms with Gasteiger partial charge in [0.05, 0.1) is 0 Å². The second-order valence-electron chi connectivity index (χ2n) is 7.84. The highest BCUT2D eigenvalue weighted by Gasteiger charge is 2.16. The van der Waals surface area contributed by atoms with Crippen LogP contribution in [0.5, 0.6) is 11.5 Å². The lowest BCUT2D eigenvalue weighted by Crippen LogP contribution is -2.35. The van der Waals surface area contributed by atoms with Gasteiger partial charge in [-0.15, -0.1) is 0 Å². The number of alkyl carbamates (subject to hydrolysis) is 1. The Labute approximate surface area is 180 Å². The number of anilines is 1. The molecule has 0 radical (unpaired) electrons. The van der Waals surface area contributed by atoms with Crippen molar-refractivity contribution < 1.29 is 29.3 Å². The molecule has 0 spiro atoms. The first-order valence-electron chi connectivity index (χ1n) is 9.69. The van der Waals surface area contributed by atoms with Crippen molar-refractivity contribution in [1.82, 2.24) is 10.6 Å². The van der Waals surface area contributed by atoms with E-state index in [1.807, 2.05) is 0 Å². The van der Waals surface area contributed by atoms with Gasteiger partial charge in [-0.05, 0) is 50.6 Å². The number of aromatic hydroxyl groups is 2. The maximum atomic E-state index is 12.2. The minimum absolute atomic E-state index is 0.115. The van der Waals surface area contributed by atoms with E-state index < -0.39 is 17.6 Å². The molecule has 3 amide bonds. The van der Waals surface area contributed by atoms with Crippen LogP contribution in [0.25, 0.3) is 0 Å². The van der Waals surface area contributed by atoms with Gasteiger partial charge in [-0.1, -0.05) is 12.1 Å². The molecule has 166 valence electrons. The molecule has 0 aliphatic carbocycles. The van der Waals surface area contributed by atoms with Gasteiger partial charge < -0.3 is 30.9 Å². The number of hydrogen-bond acceptors (Lipinski definition) is 6. The zero-order valence-electron chi connectivity index (χ0n) is 17.7. The molecule has 0 saturated carbocycles. The Morgan fingerprint density at radius 2 is 1.55 bits per heavy atom. The van der Waals surface area contributed by atoms with Crippen molar-refractivity contribution in [1.29, 1.82) is 0 Å². The molecule has 2 aromatic rings. The van der Waals surface area contributed by atoms with Crippen LogP contribution in [0.2, 0.25) is 0 Å². The number of carbonyl (C=O) groups is 3. The van der Waals surface area contributed by atoms with E-state index in [9.17, 15) is 24.6 Å². The minimum Gasteiger partial charge on any atom is -0.508 e. The molecule has 0 aliphatic heterocycles. The van der Waals surface area contributed by atoms with Crippen molar-refractivity contribution in [3.63, 3.8) is 0 Å². The first-order valence-corrected chi connectivity index (χ1v) is 9.69. The molecular weight excluding hydrogens is 402 g/mol. The number of phenols is 2. The van der Waals surface area contributed by atoms with Crippen LogP contribution in [-0.2, 0) is 16.1 Å². The standard InChI is InChI=1S/C22H27N3O6/c1-22(2,3)31-21(30)23-9-8-19(28)24-13-14-4-6-16(7-5-14)25-20(29)15-10-17(26)12-18(27)11-15/h4-7,10-12,26-27H,8-9,13H2,1-3H3,(H,23,30)(H,24,28)(H,25,29). The van der Waals surface area contributed by atoms with Crippen molar-refractivity contribution in [2.24, 2.45) is 0 Å². The molecule has 2 aromatic carbocycles. The normalized spacial score (nSPS) is 10.8. The van der Waals surface area contributed by atoms with Crippen LogP contribution < -0.4 is 16.0 Å². The molecule has 9 nitrogen and oxygen atoms in total. The summed E-state index contributed by atoms with van der Waals surface area (Å²) in [6.45, 7) is 5.73. The number of rotatable bonds is 7. The summed E-state index contributed by atoms with van der Waals surface area (Å²) in [5.74, 6) is -1.13. The van der Waals surface area contributed by atoms with Gasteiger partial charge in [-0.2, -0.15) is 0 Å². The Kier molecular flexibility index (Phi) is 7.84. The lowest BCUT2D eigenvalue weighted by atomic mass is 10.1. The fraction of sp³-hybridized carbons (Fsp3) is 0.318. The summed E-state index contributed by atoms with van der Waals surface area (Å²) in [5.41, 5.74) is 0.863. The van der Waals surface area contributed by atoms with E-state index in [0.29, 0.717) is 12.2 Å². The van der Waals surface area contributed by atoms with Crippen LogP contribution in [-0.4, -0.2) is 40.3 Å². The average molecular weight is 429 g/mol. The summed E-state index contributed by atoms with van der Waals surface area (Å²) in [7, 11) is 0. The summed E-state index contributed by atoms with van der Waals surface area (Å²) in [4.78, 5) is 35.7. The number of nitrogens with one attached hydrogen (secondary N) is 3. The fourth-order valence-electron chi connectivity index (χ4n) is 2.52. The van der Waals surface area contributed by atoms with E-state index in [1.165, 1.54) is 12.1 Å². The van der Waals surface area contributed by atoms with Crippen LogP contribution in [0.15, 0.2) is 42.5 Å². The highest BCUT2D eigenvalue weighted by Crippen LogP contribution is 2.21. The molecule has 9 heteroatoms. The Bertz CT molecular complexity index is 915. The summed E-state index contributed by atoms with van der Waals surface area (Å²) in [6.07, 6.45) is -0.455. The van der Waals surface area contributed by atoms with Crippen molar-refractivity contribution in [2.45, 2.75) is 39.3 Å². The van der Waals surface area contributed by atoms with Gasteiger partial charge in [-0.25, -0.2) is 4.79 Å². The molecule has 0 fully saturated rings. The van der Waals surface area contributed by atoms with Gasteiger partial charge >= 0.3 is 6.09 Å². The number of benzene rings is 2. The van der Waals surface area contributed by atoms with E-state index in [2.05, 4.69) is 16.0 Å². The zero-order chi connectivity index (χ0) is 23.0. The van der Waals surface area contributed by atoms with Crippen molar-refractivity contribution >= 4 is 23.6 Å². The SMILES string of the molecule is CC(C)(C)OC(=O)NCCC(=O)NCc1ccc(NC(=O)c2cc(O)cc(O)c2)cc1. The molecule has 5 N–H and O–H groups in total. The molecular formula is C22H27N3O6. The average Bonchev–Trinajstić information content (AvgIpc) is 2.65. The summed E-state index contributed by atoms with van der Waals surface area (Å²) >= 11 is 0. The second-order valence-corrected chi connectivity index (χ2v) is 7.84. The van der Waals surface area contributed by atoms with Crippen LogP contribution in [0, 0.1) is 0 Å². The first kappa shape index (κ1) is 23.5. The lowest BCUT2D eigenvalue weighted by Gasteiger charge is -2.19. The highest BCUT2D eigenvalue weighted by molar-refractivity contribution is 6.04. The van der Waals surface area contributed by atoms with E-state index in [1.54, 1.807) is 45.0 Å². The Hall–Kier alpha value is -3.75. The minimum atomic E-state index is -0.595. The van der Waals surface area contributed by atoms with Crippen molar-refractivity contribution in [3.05, 3.63) is 53.6 Å². The molecule has 0 aromatic heterocycles. The Morgan fingerprint density at radius 1 is 0.935 bits per heavy atom. The predicted octanol–water partition coefficient (Wildman–Crippen LogP) is 2.88. The third-order valence-corrected chi connectivity index (χ3v) is 3.89. The van der Waals surface area contributed by atoms with E-state index in [0.717, 1.165) is 11.6 Å². The fourth-order valence-corrected chi connectivity index (χ4v) is 2.52. The van der Waals surface area contributed by atoms with Crippen LogP contribution >= 0.6 is 0 Å². The van der Waals surface area contributed by atoms with Gasteiger partial charge in [0, 0.05) is 36.8 Å². The summed E-state index contributed by atoms with van der Waals surface area (Å²) in [5, 5.41) is 26.9. The van der Waals surface area contributed by atoms with E-state index in [-0.39, 0.29) is 35.9 Å². The molecule has 0 bridgehead atoms. The predicted molar refractivity (Wildman–Crippen MR) is 115 cm³/mol. The van der Waals surface area contributed by atoms with Gasteiger partial charge in [0.2, 0.25) is 5.91 Å². The maximum Gasteiger partial charge on any atom is 0.407 e. The number of amides is 3. The molecule has 0 saturated heterocycles. The third-order valence-electron chi connectivity index (χ3n) is 3.89. The maximum absolute atomic E-state index is 12.2. The third kappa shape index (κ3) is 8.65. The molecule has 0 unspecified atom stereocenters. The number of ether oxygens (including phenoxy) is 1. The smallest absolute Gasteiger partial charge is 0.407 e. The number of hydrogen-bond donors (Lipinski definition) is 5. The topological polar surface area (TPSA) is 137 Å². The van der Waals surface area contributed by atoms with Crippen LogP contribution in [0.3, 0.4) is 0 Å². The molecule has 0 aliphatic rings. The molecule has 2 rings (SSSR count). The molecule has 0 heterocycles. The largest absolute Gasteiger partial charge is 0.508 e. The Balaban J connectivity index is 1.76. The summed E-state index contributed by atoms with van der Waals surface area (Å²) < 4.78 is 5.09. The van der Waals surface area contributed by atoms with Gasteiger partial charge in [-0.3, -0.25) is 9.59 Å². The second kappa shape index (κ2) is 10.3. The zero-order valence-corrected chi connectivity index (χ0v) is 17.7. The monoisotopic (exact) mass is 429 g/mol. The van der Waals surface area contributed by atoms with E-state index in [4.69, 9.17) is 4.74 Å². The number of phenolic OH excluding ortho intramolecular Hbond substituents is 2.